The summed E-state index contributed by atoms with van der Waals surface area (Å²) in [7, 11) is 0. The summed E-state index contributed by atoms with van der Waals surface area (Å²) in [6.45, 7) is 4.84. The number of rotatable bonds is 8. The van der Waals surface area contributed by atoms with Crippen molar-refractivity contribution in [3.05, 3.63) is 47.3 Å². The van der Waals surface area contributed by atoms with Crippen LogP contribution in [-0.2, 0) is 0 Å². The molecule has 134 valence electrons. The number of benzene rings is 1. The minimum Gasteiger partial charge on any atom is -0.351 e. The molecule has 0 saturated heterocycles. The molecule has 2 amide bonds. The molecule has 0 bridgehead atoms. The Hall–Kier alpha value is -2.67. The lowest BCUT2D eigenvalue weighted by Gasteiger charge is -2.10. The summed E-state index contributed by atoms with van der Waals surface area (Å²) in [5.74, 6) is -0.348. The van der Waals surface area contributed by atoms with Gasteiger partial charge in [0.25, 0.3) is 11.8 Å². The van der Waals surface area contributed by atoms with E-state index in [1.807, 2.05) is 0 Å². The van der Waals surface area contributed by atoms with Gasteiger partial charge in [-0.2, -0.15) is 0 Å². The summed E-state index contributed by atoms with van der Waals surface area (Å²) < 4.78 is 5.17. The zero-order valence-corrected chi connectivity index (χ0v) is 14.5. The maximum Gasteiger partial charge on any atom is 0.294 e. The lowest BCUT2D eigenvalue weighted by Crippen LogP contribution is -2.29. The smallest absolute Gasteiger partial charge is 0.294 e. The highest BCUT2D eigenvalue weighted by Crippen LogP contribution is 2.23. The average molecular weight is 344 g/mol. The topological polar surface area (TPSA) is 110 Å². The SMILES string of the molecule is CCC(CC)c1cc(C(=O)Nc2ccccc2C(=O)NCCN)on1. The quantitative estimate of drug-likeness (QED) is 0.681. The fourth-order valence-corrected chi connectivity index (χ4v) is 2.55. The molecule has 0 fully saturated rings. The lowest BCUT2D eigenvalue weighted by atomic mass is 9.99. The van der Waals surface area contributed by atoms with Crippen LogP contribution in [0.2, 0.25) is 0 Å². The molecule has 0 aliphatic heterocycles. The van der Waals surface area contributed by atoms with Gasteiger partial charge in [0.15, 0.2) is 0 Å². The Bertz CT molecular complexity index is 723. The van der Waals surface area contributed by atoms with Gasteiger partial charge in [0.2, 0.25) is 5.76 Å². The molecule has 2 rings (SSSR count). The van der Waals surface area contributed by atoms with Gasteiger partial charge in [-0.1, -0.05) is 31.1 Å². The van der Waals surface area contributed by atoms with E-state index >= 15 is 0 Å². The molecule has 1 aromatic heterocycles. The van der Waals surface area contributed by atoms with E-state index < -0.39 is 5.91 Å². The summed E-state index contributed by atoms with van der Waals surface area (Å²) in [6, 6.07) is 8.42. The van der Waals surface area contributed by atoms with Gasteiger partial charge < -0.3 is 20.9 Å². The van der Waals surface area contributed by atoms with Gasteiger partial charge >= 0.3 is 0 Å². The highest BCUT2D eigenvalue weighted by atomic mass is 16.5. The molecule has 2 aromatic rings. The summed E-state index contributed by atoms with van der Waals surface area (Å²) >= 11 is 0. The van der Waals surface area contributed by atoms with Crippen LogP contribution in [0.4, 0.5) is 5.69 Å². The van der Waals surface area contributed by atoms with Crippen molar-refractivity contribution in [2.75, 3.05) is 18.4 Å². The summed E-state index contributed by atoms with van der Waals surface area (Å²) in [4.78, 5) is 24.6. The van der Waals surface area contributed by atoms with Gasteiger partial charge in [-0.25, -0.2) is 0 Å². The number of carbonyl (C=O) groups excluding carboxylic acids is 2. The Balaban J connectivity index is 2.14. The Morgan fingerprint density at radius 2 is 1.92 bits per heavy atom. The number of anilines is 1. The maximum atomic E-state index is 12.4. The van der Waals surface area contributed by atoms with Gasteiger partial charge in [0, 0.05) is 25.1 Å². The minimum atomic E-state index is -0.441. The third-order valence-corrected chi connectivity index (χ3v) is 4.01. The fraction of sp³-hybridized carbons (Fsp3) is 0.389. The van der Waals surface area contributed by atoms with Gasteiger partial charge in [0.1, 0.15) is 0 Å². The standard InChI is InChI=1S/C18H24N4O3/c1-3-12(4-2)15-11-16(25-22-15)18(24)21-14-8-6-5-7-13(14)17(23)20-10-9-19/h5-8,11-12H,3-4,9-10,19H2,1-2H3,(H,20,23)(H,21,24). The molecule has 0 aliphatic rings. The van der Waals surface area contributed by atoms with Crippen molar-refractivity contribution < 1.29 is 14.1 Å². The molecule has 0 aliphatic carbocycles. The van der Waals surface area contributed by atoms with Crippen molar-refractivity contribution in [3.63, 3.8) is 0 Å². The number of para-hydroxylation sites is 1. The molecule has 7 heteroatoms. The van der Waals surface area contributed by atoms with Gasteiger partial charge in [-0.3, -0.25) is 9.59 Å². The number of amides is 2. The first-order chi connectivity index (χ1) is 12.1. The van der Waals surface area contributed by atoms with E-state index in [0.717, 1.165) is 18.5 Å². The van der Waals surface area contributed by atoms with Crippen LogP contribution in [0.25, 0.3) is 0 Å². The van der Waals surface area contributed by atoms with Gasteiger partial charge in [0.05, 0.1) is 16.9 Å². The van der Waals surface area contributed by atoms with Crippen LogP contribution in [0, 0.1) is 0 Å². The van der Waals surface area contributed by atoms with E-state index in [4.69, 9.17) is 10.3 Å². The monoisotopic (exact) mass is 344 g/mol. The molecule has 25 heavy (non-hydrogen) atoms. The Labute approximate surface area is 147 Å². The molecular weight excluding hydrogens is 320 g/mol. The molecule has 4 N–H and O–H groups in total. The van der Waals surface area contributed by atoms with Crippen LogP contribution in [0.3, 0.4) is 0 Å². The van der Waals surface area contributed by atoms with E-state index in [9.17, 15) is 9.59 Å². The Morgan fingerprint density at radius 3 is 2.60 bits per heavy atom. The number of hydrogen-bond acceptors (Lipinski definition) is 5. The zero-order chi connectivity index (χ0) is 18.2. The van der Waals surface area contributed by atoms with Crippen LogP contribution in [0.15, 0.2) is 34.9 Å². The largest absolute Gasteiger partial charge is 0.351 e. The normalized spacial score (nSPS) is 10.7. The maximum absolute atomic E-state index is 12.4. The van der Waals surface area contributed by atoms with Crippen LogP contribution in [0.1, 0.15) is 59.2 Å². The number of aromatic nitrogens is 1. The average Bonchev–Trinajstić information content (AvgIpc) is 3.11. The van der Waals surface area contributed by atoms with Crippen LogP contribution in [0.5, 0.6) is 0 Å². The first kappa shape index (κ1) is 18.7. The first-order valence-electron chi connectivity index (χ1n) is 8.45. The second-order valence-corrected chi connectivity index (χ2v) is 5.67. The predicted molar refractivity (Wildman–Crippen MR) is 95.6 cm³/mol. The van der Waals surface area contributed by atoms with Crippen LogP contribution in [-0.4, -0.2) is 30.1 Å². The molecule has 1 aromatic carbocycles. The van der Waals surface area contributed by atoms with E-state index in [2.05, 4.69) is 29.6 Å². The van der Waals surface area contributed by atoms with Crippen molar-refractivity contribution in [1.29, 1.82) is 0 Å². The zero-order valence-electron chi connectivity index (χ0n) is 14.5. The molecule has 0 atom stereocenters. The second-order valence-electron chi connectivity index (χ2n) is 5.67. The molecule has 1 heterocycles. The van der Waals surface area contributed by atoms with Gasteiger partial charge in [-0.15, -0.1) is 0 Å². The molecule has 0 saturated carbocycles. The minimum absolute atomic E-state index is 0.124. The Morgan fingerprint density at radius 1 is 1.20 bits per heavy atom. The summed E-state index contributed by atoms with van der Waals surface area (Å²) in [5.41, 5.74) is 6.93. The predicted octanol–water partition coefficient (Wildman–Crippen LogP) is 2.52. The summed E-state index contributed by atoms with van der Waals surface area (Å²) in [6.07, 6.45) is 1.85. The highest BCUT2D eigenvalue weighted by molar-refractivity contribution is 6.07. The number of carbonyl (C=O) groups is 2. The van der Waals surface area contributed by atoms with Crippen molar-refractivity contribution in [1.82, 2.24) is 10.5 Å². The van der Waals surface area contributed by atoms with Crippen molar-refractivity contribution >= 4 is 17.5 Å². The number of nitrogens with two attached hydrogens (primary N) is 1. The third-order valence-electron chi connectivity index (χ3n) is 4.01. The molecule has 7 nitrogen and oxygen atoms in total. The fourth-order valence-electron chi connectivity index (χ4n) is 2.55. The number of nitrogens with zero attached hydrogens (tertiary/aromatic N) is 1. The summed E-state index contributed by atoms with van der Waals surface area (Å²) in [5, 5.41) is 9.38. The highest BCUT2D eigenvalue weighted by Gasteiger charge is 2.19. The third kappa shape index (κ3) is 4.67. The van der Waals surface area contributed by atoms with E-state index in [1.165, 1.54) is 0 Å². The number of hydrogen-bond donors (Lipinski definition) is 3. The first-order valence-corrected chi connectivity index (χ1v) is 8.45. The van der Waals surface area contributed by atoms with E-state index in [1.54, 1.807) is 30.3 Å². The molecule has 0 unspecified atom stereocenters. The van der Waals surface area contributed by atoms with E-state index in [-0.39, 0.29) is 17.6 Å². The van der Waals surface area contributed by atoms with Crippen molar-refractivity contribution in [2.45, 2.75) is 32.6 Å². The van der Waals surface area contributed by atoms with Crippen molar-refractivity contribution in [2.24, 2.45) is 5.73 Å². The van der Waals surface area contributed by atoms with Crippen LogP contribution >= 0.6 is 0 Å². The second kappa shape index (κ2) is 8.98. The Kier molecular flexibility index (Phi) is 6.71. The molecular formula is C18H24N4O3. The molecule has 0 spiro atoms. The molecule has 0 radical (unpaired) electrons. The lowest BCUT2D eigenvalue weighted by molar-refractivity contribution is 0.0955. The van der Waals surface area contributed by atoms with Crippen LogP contribution < -0.4 is 16.4 Å². The number of nitrogens with one attached hydrogen (secondary N) is 2. The van der Waals surface area contributed by atoms with Crippen molar-refractivity contribution in [3.8, 4) is 0 Å². The van der Waals surface area contributed by atoms with Gasteiger partial charge in [-0.05, 0) is 25.0 Å². The van der Waals surface area contributed by atoms with E-state index in [0.29, 0.717) is 24.3 Å².